The third-order valence-corrected chi connectivity index (χ3v) is 2.37. The molecule has 70 valence electrons. The van der Waals surface area contributed by atoms with Crippen LogP contribution >= 0.6 is 0 Å². The maximum atomic E-state index is 2.20. The van der Waals surface area contributed by atoms with Crippen molar-refractivity contribution in [1.82, 2.24) is 0 Å². The lowest BCUT2D eigenvalue weighted by Gasteiger charge is -2.01. The molecule has 0 amide bonds. The van der Waals surface area contributed by atoms with Crippen molar-refractivity contribution in [3.63, 3.8) is 0 Å². The molecule has 0 heterocycles. The quantitative estimate of drug-likeness (QED) is 0.606. The van der Waals surface area contributed by atoms with Crippen LogP contribution in [0.1, 0.15) is 32.3 Å². The largest absolute Gasteiger partial charge is 0.0887 e. The predicted octanol–water partition coefficient (Wildman–Crippen LogP) is 3.98. The molecule has 0 bridgehead atoms. The lowest BCUT2D eigenvalue weighted by atomic mass is 10.1. The van der Waals surface area contributed by atoms with E-state index in [1.807, 2.05) is 0 Å². The second-order valence-corrected chi connectivity index (χ2v) is 3.47. The Morgan fingerprint density at radius 1 is 1.23 bits per heavy atom. The molecule has 1 aromatic rings. The predicted molar refractivity (Wildman–Crippen MR) is 58.8 cm³/mol. The van der Waals surface area contributed by atoms with Crippen LogP contribution in [0.25, 0.3) is 0 Å². The van der Waals surface area contributed by atoms with Crippen molar-refractivity contribution in [2.75, 3.05) is 0 Å². The molecular formula is C13H18. The minimum absolute atomic E-state index is 1.20. The van der Waals surface area contributed by atoms with E-state index in [1.165, 1.54) is 30.4 Å². The van der Waals surface area contributed by atoms with E-state index in [9.17, 15) is 0 Å². The Labute approximate surface area is 81.3 Å². The van der Waals surface area contributed by atoms with Gasteiger partial charge in [0.1, 0.15) is 0 Å². The van der Waals surface area contributed by atoms with E-state index < -0.39 is 0 Å². The van der Waals surface area contributed by atoms with E-state index in [2.05, 4.69) is 50.3 Å². The van der Waals surface area contributed by atoms with E-state index >= 15 is 0 Å². The molecule has 13 heavy (non-hydrogen) atoms. The van der Waals surface area contributed by atoms with Crippen LogP contribution in [0.5, 0.6) is 0 Å². The zero-order valence-corrected chi connectivity index (χ0v) is 8.59. The molecule has 0 saturated heterocycles. The van der Waals surface area contributed by atoms with E-state index in [-0.39, 0.29) is 0 Å². The fraction of sp³-hybridized carbons (Fsp3) is 0.385. The van der Waals surface area contributed by atoms with Crippen LogP contribution in [0.4, 0.5) is 0 Å². The van der Waals surface area contributed by atoms with Gasteiger partial charge in [-0.15, -0.1) is 0 Å². The summed E-state index contributed by atoms with van der Waals surface area (Å²) in [6.45, 7) is 4.31. The third kappa shape index (κ3) is 3.93. The van der Waals surface area contributed by atoms with Gasteiger partial charge in [0.25, 0.3) is 0 Å². The molecule has 0 saturated carbocycles. The molecular weight excluding hydrogens is 156 g/mol. The summed E-state index contributed by atoms with van der Waals surface area (Å²) in [4.78, 5) is 0. The highest BCUT2D eigenvalue weighted by Crippen LogP contribution is 2.08. The number of rotatable bonds is 4. The van der Waals surface area contributed by atoms with Crippen LogP contribution in [-0.4, -0.2) is 0 Å². The summed E-state index contributed by atoms with van der Waals surface area (Å²) in [5.41, 5.74) is 2.95. The van der Waals surface area contributed by atoms with Crippen LogP contribution in [0.15, 0.2) is 42.0 Å². The van der Waals surface area contributed by atoms with Gasteiger partial charge in [0.2, 0.25) is 0 Å². The van der Waals surface area contributed by atoms with Crippen LogP contribution < -0.4 is 0 Å². The average molecular weight is 174 g/mol. The zero-order valence-electron chi connectivity index (χ0n) is 8.59. The van der Waals surface area contributed by atoms with E-state index in [4.69, 9.17) is 0 Å². The Kier molecular flexibility index (Phi) is 4.31. The minimum atomic E-state index is 1.20. The summed E-state index contributed by atoms with van der Waals surface area (Å²) in [5, 5.41) is 0. The highest BCUT2D eigenvalue weighted by molar-refractivity contribution is 5.14. The van der Waals surface area contributed by atoms with Crippen molar-refractivity contribution in [2.45, 2.75) is 33.1 Å². The molecule has 0 spiro atoms. The van der Waals surface area contributed by atoms with Crippen molar-refractivity contribution < 1.29 is 0 Å². The average Bonchev–Trinajstić information content (AvgIpc) is 2.19. The Hall–Kier alpha value is -1.04. The maximum Gasteiger partial charge on any atom is -0.0276 e. The summed E-state index contributed by atoms with van der Waals surface area (Å²) in [5.74, 6) is 0. The second kappa shape index (κ2) is 5.58. The van der Waals surface area contributed by atoms with Gasteiger partial charge in [0, 0.05) is 0 Å². The number of aryl methyl sites for hydroxylation is 1. The Bertz CT molecular complexity index is 257. The van der Waals surface area contributed by atoms with E-state index in [0.29, 0.717) is 0 Å². The zero-order chi connectivity index (χ0) is 9.52. The van der Waals surface area contributed by atoms with Crippen LogP contribution in [0.2, 0.25) is 0 Å². The van der Waals surface area contributed by atoms with Crippen LogP contribution in [0, 0.1) is 0 Å². The van der Waals surface area contributed by atoms with E-state index in [0.717, 1.165) is 0 Å². The van der Waals surface area contributed by atoms with Crippen molar-refractivity contribution in [1.29, 1.82) is 0 Å². The highest BCUT2D eigenvalue weighted by atomic mass is 14.0. The van der Waals surface area contributed by atoms with Crippen molar-refractivity contribution >= 4 is 0 Å². The fourth-order valence-electron chi connectivity index (χ4n) is 1.36. The summed E-state index contributed by atoms with van der Waals surface area (Å²) < 4.78 is 0. The van der Waals surface area contributed by atoms with Gasteiger partial charge < -0.3 is 0 Å². The third-order valence-electron chi connectivity index (χ3n) is 2.37. The smallest absolute Gasteiger partial charge is 0.0276 e. The van der Waals surface area contributed by atoms with Gasteiger partial charge in [-0.05, 0) is 38.7 Å². The normalized spacial score (nSPS) is 11.7. The lowest BCUT2D eigenvalue weighted by molar-refractivity contribution is 0.810. The summed E-state index contributed by atoms with van der Waals surface area (Å²) >= 11 is 0. The maximum absolute atomic E-state index is 2.20. The number of hydrogen-bond acceptors (Lipinski definition) is 0. The van der Waals surface area contributed by atoms with Gasteiger partial charge in [-0.25, -0.2) is 0 Å². The topological polar surface area (TPSA) is 0 Å². The molecule has 0 aliphatic carbocycles. The Morgan fingerprint density at radius 2 is 1.92 bits per heavy atom. The molecule has 0 aliphatic rings. The first-order chi connectivity index (χ1) is 6.33. The van der Waals surface area contributed by atoms with Gasteiger partial charge in [-0.3, -0.25) is 0 Å². The molecule has 0 N–H and O–H groups in total. The molecule has 1 rings (SSSR count). The Morgan fingerprint density at radius 3 is 2.54 bits per heavy atom. The van der Waals surface area contributed by atoms with Crippen LogP contribution in [-0.2, 0) is 6.42 Å². The van der Waals surface area contributed by atoms with Gasteiger partial charge in [0.05, 0.1) is 0 Å². The van der Waals surface area contributed by atoms with Gasteiger partial charge in [-0.2, -0.15) is 0 Å². The molecule has 0 aliphatic heterocycles. The SMILES string of the molecule is C/C=C(/C)CCCc1ccccc1. The molecule has 0 fully saturated rings. The first-order valence-corrected chi connectivity index (χ1v) is 4.98. The number of allylic oxidation sites excluding steroid dienone is 2. The van der Waals surface area contributed by atoms with Crippen molar-refractivity contribution in [2.24, 2.45) is 0 Å². The molecule has 1 aromatic carbocycles. The highest BCUT2D eigenvalue weighted by Gasteiger charge is 1.92. The minimum Gasteiger partial charge on any atom is -0.0887 e. The summed E-state index contributed by atoms with van der Waals surface area (Å²) in [6.07, 6.45) is 5.89. The molecule has 0 aromatic heterocycles. The number of hydrogen-bond donors (Lipinski definition) is 0. The first-order valence-electron chi connectivity index (χ1n) is 4.98. The lowest BCUT2D eigenvalue weighted by Crippen LogP contribution is -1.85. The molecule has 0 atom stereocenters. The Balaban J connectivity index is 2.28. The van der Waals surface area contributed by atoms with Gasteiger partial charge >= 0.3 is 0 Å². The van der Waals surface area contributed by atoms with Crippen molar-refractivity contribution in [3.8, 4) is 0 Å². The second-order valence-electron chi connectivity index (χ2n) is 3.47. The molecule has 0 radical (unpaired) electrons. The molecule has 0 heteroatoms. The van der Waals surface area contributed by atoms with E-state index in [1.54, 1.807) is 0 Å². The number of benzene rings is 1. The summed E-state index contributed by atoms with van der Waals surface area (Å²) in [7, 11) is 0. The van der Waals surface area contributed by atoms with Gasteiger partial charge in [0.15, 0.2) is 0 Å². The summed E-state index contributed by atoms with van der Waals surface area (Å²) in [6, 6.07) is 10.7. The standard InChI is InChI=1S/C13H18/c1-3-12(2)8-7-11-13-9-5-4-6-10-13/h3-6,9-10H,7-8,11H2,1-2H3/b12-3-. The first kappa shape index (κ1) is 10.0. The van der Waals surface area contributed by atoms with Gasteiger partial charge in [-0.1, -0.05) is 42.0 Å². The van der Waals surface area contributed by atoms with Crippen molar-refractivity contribution in [3.05, 3.63) is 47.5 Å². The molecule has 0 nitrogen and oxygen atoms in total. The van der Waals surface area contributed by atoms with Crippen LogP contribution in [0.3, 0.4) is 0 Å². The molecule has 0 unspecified atom stereocenters. The fourth-order valence-corrected chi connectivity index (χ4v) is 1.36. The monoisotopic (exact) mass is 174 g/mol.